The van der Waals surface area contributed by atoms with E-state index in [0.717, 1.165) is 20.1 Å². The van der Waals surface area contributed by atoms with Crippen molar-refractivity contribution in [2.45, 2.75) is 18.5 Å². The maximum Gasteiger partial charge on any atom is 0.280 e. The average molecular weight is 487 g/mol. The van der Waals surface area contributed by atoms with Crippen molar-refractivity contribution in [2.24, 2.45) is 0 Å². The van der Waals surface area contributed by atoms with Crippen molar-refractivity contribution in [2.75, 3.05) is 12.4 Å². The fourth-order valence-electron chi connectivity index (χ4n) is 3.05. The first-order valence-electron chi connectivity index (χ1n) is 8.75. The van der Waals surface area contributed by atoms with Crippen LogP contribution in [-0.4, -0.2) is 36.7 Å². The molecule has 0 saturated carbocycles. The Morgan fingerprint density at radius 1 is 1.37 bits per heavy atom. The van der Waals surface area contributed by atoms with E-state index in [1.165, 1.54) is 30.5 Å². The first-order chi connectivity index (χ1) is 14.2. The summed E-state index contributed by atoms with van der Waals surface area (Å²) in [5.41, 5.74) is 0.279. The number of hydrogen-bond acceptors (Lipinski definition) is 6. The van der Waals surface area contributed by atoms with Crippen molar-refractivity contribution >= 4 is 56.1 Å². The lowest BCUT2D eigenvalue weighted by atomic mass is 10.1. The van der Waals surface area contributed by atoms with E-state index in [2.05, 4.69) is 15.0 Å². The predicted molar refractivity (Wildman–Crippen MR) is 116 cm³/mol. The molecule has 0 aliphatic carbocycles. The van der Waals surface area contributed by atoms with Crippen molar-refractivity contribution < 1.29 is 17.6 Å². The summed E-state index contributed by atoms with van der Waals surface area (Å²) in [6.45, 7) is 0. The van der Waals surface area contributed by atoms with Crippen LogP contribution >= 0.6 is 34.3 Å². The van der Waals surface area contributed by atoms with Crippen LogP contribution in [0.4, 0.5) is 10.1 Å². The fourth-order valence-corrected chi connectivity index (χ4v) is 6.36. The highest BCUT2D eigenvalue weighted by molar-refractivity contribution is 7.87. The number of benzene rings is 1. The summed E-state index contributed by atoms with van der Waals surface area (Å²) >= 11 is 8.71. The highest BCUT2D eigenvalue weighted by atomic mass is 35.5. The molecule has 0 radical (unpaired) electrons. The number of halogens is 2. The van der Waals surface area contributed by atoms with Gasteiger partial charge in [0.05, 0.1) is 15.9 Å². The fraction of sp³-hybridized carbons (Fsp3) is 0.222. The summed E-state index contributed by atoms with van der Waals surface area (Å²) in [6, 6.07) is 6.04. The van der Waals surface area contributed by atoms with E-state index < -0.39 is 34.0 Å². The largest absolute Gasteiger partial charge is 0.325 e. The molecule has 30 heavy (non-hydrogen) atoms. The molecule has 2 N–H and O–H groups in total. The lowest BCUT2D eigenvalue weighted by Crippen LogP contribution is -2.55. The molecule has 1 aliphatic heterocycles. The smallest absolute Gasteiger partial charge is 0.280 e. The molecule has 0 unspecified atom stereocenters. The van der Waals surface area contributed by atoms with Gasteiger partial charge in [0.2, 0.25) is 5.91 Å². The van der Waals surface area contributed by atoms with E-state index in [4.69, 9.17) is 11.6 Å². The van der Waals surface area contributed by atoms with Crippen LogP contribution in [0.1, 0.15) is 17.5 Å². The third-order valence-electron chi connectivity index (χ3n) is 4.64. The minimum absolute atomic E-state index is 0.138. The van der Waals surface area contributed by atoms with Gasteiger partial charge in [-0.25, -0.2) is 9.37 Å². The summed E-state index contributed by atoms with van der Waals surface area (Å²) in [5, 5.41) is 5.00. The van der Waals surface area contributed by atoms with Crippen molar-refractivity contribution in [3.63, 3.8) is 0 Å². The molecule has 12 heteroatoms. The monoisotopic (exact) mass is 486 g/mol. The van der Waals surface area contributed by atoms with E-state index in [1.807, 2.05) is 17.5 Å². The molecule has 158 valence electrons. The first kappa shape index (κ1) is 21.3. The number of hydrogen-bond donors (Lipinski definition) is 2. The minimum atomic E-state index is -3.90. The maximum atomic E-state index is 13.4. The Kier molecular flexibility index (Phi) is 5.93. The number of thiazole rings is 1. The summed E-state index contributed by atoms with van der Waals surface area (Å²) < 4.78 is 42.1. The van der Waals surface area contributed by atoms with Crippen LogP contribution in [0, 0.1) is 5.82 Å². The van der Waals surface area contributed by atoms with Gasteiger partial charge in [0.15, 0.2) is 0 Å². The third-order valence-corrected chi connectivity index (χ3v) is 8.71. The molecule has 1 aromatic carbocycles. The number of nitrogens with one attached hydrogen (secondary N) is 2. The Balaban J connectivity index is 1.57. The summed E-state index contributed by atoms with van der Waals surface area (Å²) in [5.74, 6) is -1.15. The van der Waals surface area contributed by atoms with Crippen LogP contribution < -0.4 is 10.0 Å². The van der Waals surface area contributed by atoms with Crippen LogP contribution in [0.3, 0.4) is 0 Å². The standard InChI is InChI=1S/C18H16ClFN4O3S3/c1-24-14(17(25)22-10-4-5-12(20)11(19)7-10)8-13(23-30(24,26)27)18-21-9-16(29-18)15-3-2-6-28-15/h2-7,9,13-14,23H,8H2,1H3,(H,22,25)/t13-,14+/m0/s1. The Labute approximate surface area is 185 Å². The zero-order valence-corrected chi connectivity index (χ0v) is 18.7. The van der Waals surface area contributed by atoms with Crippen LogP contribution in [0.2, 0.25) is 5.02 Å². The van der Waals surface area contributed by atoms with E-state index in [9.17, 15) is 17.6 Å². The Hall–Kier alpha value is -1.89. The molecule has 2 aromatic heterocycles. The van der Waals surface area contributed by atoms with Gasteiger partial charge >= 0.3 is 0 Å². The number of thiophene rings is 1. The van der Waals surface area contributed by atoms with E-state index in [0.29, 0.717) is 5.01 Å². The molecule has 3 heterocycles. The quantitative estimate of drug-likeness (QED) is 0.585. The molecule has 1 fully saturated rings. The number of nitrogens with zero attached hydrogens (tertiary/aromatic N) is 2. The van der Waals surface area contributed by atoms with Gasteiger partial charge in [0.1, 0.15) is 16.9 Å². The maximum absolute atomic E-state index is 13.4. The molecule has 1 saturated heterocycles. The predicted octanol–water partition coefficient (Wildman–Crippen LogP) is 3.88. The van der Waals surface area contributed by atoms with Gasteiger partial charge in [0, 0.05) is 23.8 Å². The molecule has 7 nitrogen and oxygen atoms in total. The van der Waals surface area contributed by atoms with Crippen molar-refractivity contribution in [1.29, 1.82) is 0 Å². The topological polar surface area (TPSA) is 91.4 Å². The SMILES string of the molecule is CN1[C@@H](C(=O)Nc2ccc(F)c(Cl)c2)C[C@@H](c2ncc(-c3cccs3)s2)NS1(=O)=O. The number of amides is 1. The van der Waals surface area contributed by atoms with Gasteiger partial charge in [-0.3, -0.25) is 4.79 Å². The van der Waals surface area contributed by atoms with Gasteiger partial charge in [-0.1, -0.05) is 17.7 Å². The molecule has 1 amide bonds. The van der Waals surface area contributed by atoms with Crippen molar-refractivity contribution in [3.8, 4) is 9.75 Å². The second-order valence-corrected chi connectivity index (χ2v) is 10.8. The highest BCUT2D eigenvalue weighted by Gasteiger charge is 2.41. The molecule has 1 aliphatic rings. The molecular weight excluding hydrogens is 471 g/mol. The number of carbonyl (C=O) groups is 1. The molecule has 3 aromatic rings. The zero-order valence-electron chi connectivity index (χ0n) is 15.5. The zero-order chi connectivity index (χ0) is 21.5. The summed E-state index contributed by atoms with van der Waals surface area (Å²) in [7, 11) is -2.57. The van der Waals surface area contributed by atoms with E-state index in [1.54, 1.807) is 17.5 Å². The number of aromatic nitrogens is 1. The van der Waals surface area contributed by atoms with Crippen LogP contribution in [0.5, 0.6) is 0 Å². The number of rotatable bonds is 4. The van der Waals surface area contributed by atoms with Crippen molar-refractivity contribution in [1.82, 2.24) is 14.0 Å². The lowest BCUT2D eigenvalue weighted by Gasteiger charge is -2.35. The number of anilines is 1. The highest BCUT2D eigenvalue weighted by Crippen LogP contribution is 2.36. The van der Waals surface area contributed by atoms with Crippen LogP contribution in [0.25, 0.3) is 9.75 Å². The summed E-state index contributed by atoms with van der Waals surface area (Å²) in [6.07, 6.45) is 1.89. The average Bonchev–Trinajstić information content (AvgIpc) is 3.38. The molecular formula is C18H16ClFN4O3S3. The van der Waals surface area contributed by atoms with E-state index in [-0.39, 0.29) is 17.1 Å². The van der Waals surface area contributed by atoms with Crippen molar-refractivity contribution in [3.05, 3.63) is 57.8 Å². The Morgan fingerprint density at radius 2 is 2.17 bits per heavy atom. The second kappa shape index (κ2) is 8.33. The van der Waals surface area contributed by atoms with E-state index >= 15 is 0 Å². The molecule has 0 bridgehead atoms. The first-order valence-corrected chi connectivity index (χ1v) is 12.3. The normalized spacial score (nSPS) is 21.4. The van der Waals surface area contributed by atoms with Gasteiger partial charge in [-0.15, -0.1) is 22.7 Å². The van der Waals surface area contributed by atoms with Gasteiger partial charge in [0.25, 0.3) is 10.2 Å². The Morgan fingerprint density at radius 3 is 2.87 bits per heavy atom. The Bertz CT molecular complexity index is 1180. The number of likely N-dealkylation sites (N-methyl/N-ethyl adjacent to an activating group) is 1. The molecule has 0 spiro atoms. The molecule has 4 rings (SSSR count). The second-order valence-electron chi connectivity index (χ2n) is 6.60. The van der Waals surface area contributed by atoms with Gasteiger partial charge in [-0.05, 0) is 36.1 Å². The summed E-state index contributed by atoms with van der Waals surface area (Å²) in [4.78, 5) is 19.2. The van der Waals surface area contributed by atoms with Gasteiger partial charge < -0.3 is 5.32 Å². The van der Waals surface area contributed by atoms with Gasteiger partial charge in [-0.2, -0.15) is 17.4 Å². The van der Waals surface area contributed by atoms with Crippen LogP contribution in [-0.2, 0) is 15.0 Å². The third kappa shape index (κ3) is 4.27. The lowest BCUT2D eigenvalue weighted by molar-refractivity contribution is -0.120. The number of carbonyl (C=O) groups excluding carboxylic acids is 1. The van der Waals surface area contributed by atoms with Crippen LogP contribution in [0.15, 0.2) is 41.9 Å². The minimum Gasteiger partial charge on any atom is -0.325 e. The molecule has 2 atom stereocenters.